The Labute approximate surface area is 383 Å². The Morgan fingerprint density at radius 2 is 1.21 bits per heavy atom. The van der Waals surface area contributed by atoms with Crippen LogP contribution in [-0.4, -0.2) is 99.7 Å². The Morgan fingerprint density at radius 1 is 0.697 bits per heavy atom. The number of aromatic nitrogens is 4. The van der Waals surface area contributed by atoms with Gasteiger partial charge in [0, 0.05) is 46.5 Å². The summed E-state index contributed by atoms with van der Waals surface area (Å²) in [6.07, 6.45) is 5.02. The third-order valence-corrected chi connectivity index (χ3v) is 13.2. The summed E-state index contributed by atoms with van der Waals surface area (Å²) in [5, 5.41) is 5.43. The van der Waals surface area contributed by atoms with Gasteiger partial charge in [0.1, 0.15) is 47.9 Å². The molecule has 0 spiro atoms. The Balaban J connectivity index is 0.982. The number of carbonyl (C=O) groups excluding carboxylic acids is 4. The highest BCUT2D eigenvalue weighted by Crippen LogP contribution is 2.52. The minimum Gasteiger partial charge on any atom is -0.488 e. The number of hydrogen-bond donors (Lipinski definition) is 4. The first-order valence-electron chi connectivity index (χ1n) is 22.7. The summed E-state index contributed by atoms with van der Waals surface area (Å²) < 4.78 is 23.2. The van der Waals surface area contributed by atoms with Gasteiger partial charge in [-0.05, 0) is 55.2 Å². The number of rotatable bonds is 11. The smallest absolute Gasteiger partial charge is 0.407 e. The van der Waals surface area contributed by atoms with Crippen molar-refractivity contribution >= 4 is 35.1 Å². The molecule has 9 rings (SSSR count). The monoisotopic (exact) mass is 896 g/mol. The fourth-order valence-corrected chi connectivity index (χ4v) is 9.72. The molecule has 5 atom stereocenters. The van der Waals surface area contributed by atoms with E-state index in [0.717, 1.165) is 87.5 Å². The van der Waals surface area contributed by atoms with E-state index < -0.39 is 30.4 Å². The summed E-state index contributed by atoms with van der Waals surface area (Å²) in [7, 11) is 2.58. The number of amides is 4. The van der Waals surface area contributed by atoms with Gasteiger partial charge in [0.05, 0.1) is 50.1 Å². The van der Waals surface area contributed by atoms with Crippen LogP contribution in [0.3, 0.4) is 0 Å². The number of carbonyl (C=O) groups is 4. The number of likely N-dealkylation sites (tertiary alicyclic amines) is 2. The number of aromatic amines is 2. The van der Waals surface area contributed by atoms with Crippen molar-refractivity contribution < 1.29 is 38.1 Å². The summed E-state index contributed by atoms with van der Waals surface area (Å²) in [4.78, 5) is 71.9. The van der Waals surface area contributed by atoms with E-state index in [0.29, 0.717) is 31.3 Å². The Morgan fingerprint density at radius 3 is 1.73 bits per heavy atom. The summed E-state index contributed by atoms with van der Waals surface area (Å²) in [5.41, 5.74) is 8.32. The van der Waals surface area contributed by atoms with Crippen LogP contribution in [0.4, 0.5) is 9.59 Å². The predicted molar refractivity (Wildman–Crippen MR) is 246 cm³/mol. The molecule has 0 bridgehead atoms. The van der Waals surface area contributed by atoms with Crippen LogP contribution < -0.4 is 20.1 Å². The van der Waals surface area contributed by atoms with Crippen LogP contribution in [0.2, 0.25) is 0 Å². The molecule has 0 aliphatic carbocycles. The first-order valence-corrected chi connectivity index (χ1v) is 22.7. The van der Waals surface area contributed by atoms with Gasteiger partial charge in [0.25, 0.3) is 0 Å². The molecule has 16 heteroatoms. The van der Waals surface area contributed by atoms with Gasteiger partial charge < -0.3 is 49.3 Å². The largest absolute Gasteiger partial charge is 0.488 e. The van der Waals surface area contributed by atoms with Crippen molar-refractivity contribution in [1.82, 2.24) is 40.4 Å². The molecular formula is C50H56N8O8. The van der Waals surface area contributed by atoms with Gasteiger partial charge in [-0.3, -0.25) is 9.59 Å². The second-order valence-corrected chi connectivity index (χ2v) is 18.0. The average molecular weight is 897 g/mol. The molecule has 2 aromatic heterocycles. The Bertz CT molecular complexity index is 2670. The summed E-state index contributed by atoms with van der Waals surface area (Å²) in [5.74, 6) is 2.23. The maximum atomic E-state index is 13.8. The lowest BCUT2D eigenvalue weighted by molar-refractivity contribution is -0.136. The van der Waals surface area contributed by atoms with Crippen molar-refractivity contribution in [3.05, 3.63) is 107 Å². The van der Waals surface area contributed by atoms with Crippen LogP contribution in [0.25, 0.3) is 33.7 Å². The Kier molecular flexibility index (Phi) is 12.3. The number of alkyl carbamates (subject to hydrolysis) is 2. The third kappa shape index (κ3) is 8.35. The van der Waals surface area contributed by atoms with Gasteiger partial charge in [-0.1, -0.05) is 82.3 Å². The minimum absolute atomic E-state index is 0.132. The molecular weight excluding hydrogens is 841 g/mol. The molecule has 4 N–H and O–H groups in total. The van der Waals surface area contributed by atoms with Crippen molar-refractivity contribution in [3.8, 4) is 34.0 Å². The van der Waals surface area contributed by atoms with Gasteiger partial charge >= 0.3 is 12.2 Å². The first kappa shape index (κ1) is 44.1. The van der Waals surface area contributed by atoms with Crippen LogP contribution >= 0.6 is 0 Å². The van der Waals surface area contributed by atoms with E-state index >= 15 is 0 Å². The van der Waals surface area contributed by atoms with E-state index in [1.165, 1.54) is 14.2 Å². The quantitative estimate of drug-likeness (QED) is 0.101. The van der Waals surface area contributed by atoms with Gasteiger partial charge in [-0.15, -0.1) is 0 Å². The van der Waals surface area contributed by atoms with Crippen molar-refractivity contribution in [2.45, 2.75) is 83.6 Å². The van der Waals surface area contributed by atoms with E-state index in [4.69, 9.17) is 28.9 Å². The number of fused-ring (bicyclic) bond motifs is 4. The van der Waals surface area contributed by atoms with Crippen molar-refractivity contribution in [3.63, 3.8) is 0 Å². The third-order valence-electron chi connectivity index (χ3n) is 13.2. The molecule has 3 aromatic carbocycles. The zero-order valence-corrected chi connectivity index (χ0v) is 38.1. The van der Waals surface area contributed by atoms with Gasteiger partial charge in [-0.2, -0.15) is 0 Å². The van der Waals surface area contributed by atoms with E-state index in [1.54, 1.807) is 22.2 Å². The van der Waals surface area contributed by atoms with Gasteiger partial charge in [0.15, 0.2) is 0 Å². The molecule has 2 saturated heterocycles. The topological polar surface area (TPSA) is 193 Å². The molecule has 4 aliphatic rings. The number of ether oxygens (including phenoxy) is 4. The number of hydrogen-bond acceptors (Lipinski definition) is 10. The number of methoxy groups -OCH3 is 2. The number of imidazole rings is 2. The van der Waals surface area contributed by atoms with Gasteiger partial charge in [0.2, 0.25) is 11.8 Å². The lowest BCUT2D eigenvalue weighted by Gasteiger charge is -2.35. The van der Waals surface area contributed by atoms with Crippen LogP contribution in [0, 0.1) is 11.8 Å². The van der Waals surface area contributed by atoms with Gasteiger partial charge in [-0.25, -0.2) is 19.6 Å². The number of benzene rings is 3. The first-order chi connectivity index (χ1) is 31.9. The molecule has 6 heterocycles. The lowest BCUT2D eigenvalue weighted by atomic mass is 9.83. The van der Waals surface area contributed by atoms with Crippen LogP contribution in [0.5, 0.6) is 11.5 Å². The van der Waals surface area contributed by atoms with E-state index in [2.05, 4.69) is 50.9 Å². The maximum absolute atomic E-state index is 13.8. The summed E-state index contributed by atoms with van der Waals surface area (Å²) >= 11 is 0. The SMILES string of the molecule is COC(=O)N[C@H](C(=O)N1CCC[C@H]1c1ncc(-c2ccc3c(c2)OC(c2ccccc2)C2=C3COc3cc(-c4cnc([C@@H]5CCCN5C(=O)[C@@H](NC(=O)OC)C(C)C)[nH]4)ccc32)[nH]1)C(C)C. The molecule has 5 aromatic rings. The number of nitrogens with zero attached hydrogens (tertiary/aromatic N) is 4. The molecule has 1 unspecified atom stereocenters. The van der Waals surface area contributed by atoms with Crippen LogP contribution in [0.15, 0.2) is 79.1 Å². The molecule has 16 nitrogen and oxygen atoms in total. The second kappa shape index (κ2) is 18.4. The molecule has 344 valence electrons. The maximum Gasteiger partial charge on any atom is 0.407 e. The Hall–Kier alpha value is -7.10. The molecule has 0 radical (unpaired) electrons. The van der Waals surface area contributed by atoms with Crippen molar-refractivity contribution in [2.75, 3.05) is 33.9 Å². The summed E-state index contributed by atoms with van der Waals surface area (Å²) in [6.45, 7) is 9.06. The highest BCUT2D eigenvalue weighted by Gasteiger charge is 2.40. The number of H-pyrrole nitrogens is 2. The average Bonchev–Trinajstić information content (AvgIpc) is 4.19. The molecule has 4 aliphatic heterocycles. The highest BCUT2D eigenvalue weighted by molar-refractivity contribution is 6.00. The zero-order chi connectivity index (χ0) is 46.2. The van der Waals surface area contributed by atoms with Crippen LogP contribution in [-0.2, 0) is 19.1 Å². The predicted octanol–water partition coefficient (Wildman–Crippen LogP) is 7.99. The highest BCUT2D eigenvalue weighted by atomic mass is 16.5. The lowest BCUT2D eigenvalue weighted by Crippen LogP contribution is -2.51. The van der Waals surface area contributed by atoms with E-state index in [9.17, 15) is 19.2 Å². The fourth-order valence-electron chi connectivity index (χ4n) is 9.72. The molecule has 2 fully saturated rings. The van der Waals surface area contributed by atoms with Crippen molar-refractivity contribution in [1.29, 1.82) is 0 Å². The van der Waals surface area contributed by atoms with Crippen LogP contribution in [0.1, 0.15) is 99.9 Å². The van der Waals surface area contributed by atoms with E-state index in [-0.39, 0.29) is 35.7 Å². The molecule has 0 saturated carbocycles. The standard InChI is InChI=1S/C50H56N8O8/c1-27(2)42(55-49(61)63-5)47(59)57-20-10-14-37(57)45-51-24-35(53-45)30-17-19-33-39(22-30)65-26-34-32-18-16-31(23-40(32)66-44(41(33)34)29-12-8-7-9-13-29)36-25-52-46(54-36)38-15-11-21-58(38)48(60)43(28(3)4)56-50(62)64-6/h7-9,12-13,16-19,22-25,27-28,37-38,42-44H,10-11,14-15,20-21,26H2,1-6H3,(H,51,53)(H,52,54)(H,55,61)(H,56,62)/t37-,38-,42-,43-,44?/m0/s1. The fraction of sp³-hybridized carbons (Fsp3) is 0.400. The summed E-state index contributed by atoms with van der Waals surface area (Å²) in [6, 6.07) is 20.5. The molecule has 66 heavy (non-hydrogen) atoms. The van der Waals surface area contributed by atoms with Crippen molar-refractivity contribution in [2.24, 2.45) is 11.8 Å². The second-order valence-electron chi connectivity index (χ2n) is 18.0. The molecule has 4 amide bonds. The minimum atomic E-state index is -0.721. The van der Waals surface area contributed by atoms with E-state index in [1.807, 2.05) is 64.1 Å². The normalized spacial score (nSPS) is 19.6. The zero-order valence-electron chi connectivity index (χ0n) is 38.1. The number of nitrogens with one attached hydrogen (secondary N) is 4.